The lowest BCUT2D eigenvalue weighted by molar-refractivity contribution is 0.669. The molecule has 0 amide bonds. The smallest absolute Gasteiger partial charge is 0.238 e. The maximum Gasteiger partial charge on any atom is 0.238 e. The third kappa shape index (κ3) is 5.22. The van der Waals surface area contributed by atoms with Crippen molar-refractivity contribution < 1.29 is 4.42 Å². The molecule has 6 heteroatoms. The van der Waals surface area contributed by atoms with Gasteiger partial charge in [0.15, 0.2) is 11.6 Å². The largest absolute Gasteiger partial charge is 0.456 e. The Morgan fingerprint density at radius 2 is 0.967 bits per heavy atom. The van der Waals surface area contributed by atoms with E-state index in [2.05, 4.69) is 156 Å². The first-order chi connectivity index (χ1) is 30.2. The zero-order valence-corrected chi connectivity index (χ0v) is 33.4. The Morgan fingerprint density at radius 3 is 1.80 bits per heavy atom. The molecular formula is C55H32N4OS. The Labute approximate surface area is 353 Å². The van der Waals surface area contributed by atoms with Crippen LogP contribution in [0.2, 0.25) is 0 Å². The quantitative estimate of drug-likeness (QED) is 0.174. The normalized spacial score (nSPS) is 11.9. The van der Waals surface area contributed by atoms with Crippen LogP contribution in [0.15, 0.2) is 199 Å². The number of rotatable bonds is 5. The molecule has 0 saturated carbocycles. The van der Waals surface area contributed by atoms with Gasteiger partial charge in [0.2, 0.25) is 5.95 Å². The fourth-order valence-electron chi connectivity index (χ4n) is 9.40. The van der Waals surface area contributed by atoms with Crippen LogP contribution in [-0.2, 0) is 0 Å². The van der Waals surface area contributed by atoms with E-state index in [9.17, 15) is 0 Å². The number of nitrogens with zero attached hydrogens (tertiary/aromatic N) is 4. The second kappa shape index (κ2) is 13.3. The van der Waals surface area contributed by atoms with Crippen molar-refractivity contribution >= 4 is 86.0 Å². The van der Waals surface area contributed by atoms with Crippen molar-refractivity contribution in [2.24, 2.45) is 0 Å². The lowest BCUT2D eigenvalue weighted by atomic mass is 9.90. The average molecular weight is 797 g/mol. The molecule has 61 heavy (non-hydrogen) atoms. The summed E-state index contributed by atoms with van der Waals surface area (Å²) in [7, 11) is 0. The fraction of sp³-hybridized carbons (Fsp3) is 0. The van der Waals surface area contributed by atoms with Crippen LogP contribution >= 0.6 is 11.3 Å². The van der Waals surface area contributed by atoms with E-state index >= 15 is 0 Å². The Kier molecular flexibility index (Phi) is 7.41. The summed E-state index contributed by atoms with van der Waals surface area (Å²) in [5.74, 6) is 1.71. The zero-order valence-electron chi connectivity index (χ0n) is 32.6. The van der Waals surface area contributed by atoms with Crippen molar-refractivity contribution in [3.05, 3.63) is 194 Å². The molecule has 0 fully saturated rings. The minimum atomic E-state index is 0.546. The van der Waals surface area contributed by atoms with Gasteiger partial charge in [-0.15, -0.1) is 11.3 Å². The summed E-state index contributed by atoms with van der Waals surface area (Å²) in [5, 5.41) is 9.39. The molecule has 9 aromatic carbocycles. The predicted molar refractivity (Wildman–Crippen MR) is 254 cm³/mol. The monoisotopic (exact) mass is 796 g/mol. The summed E-state index contributed by atoms with van der Waals surface area (Å²) in [6, 6.07) is 68.6. The van der Waals surface area contributed by atoms with Gasteiger partial charge in [-0.2, -0.15) is 9.97 Å². The van der Waals surface area contributed by atoms with E-state index in [4.69, 9.17) is 19.4 Å². The lowest BCUT2D eigenvalue weighted by Gasteiger charge is -2.15. The van der Waals surface area contributed by atoms with Gasteiger partial charge in [0.05, 0.1) is 11.0 Å². The van der Waals surface area contributed by atoms with Crippen LogP contribution in [0, 0.1) is 0 Å². The Morgan fingerprint density at radius 1 is 0.377 bits per heavy atom. The van der Waals surface area contributed by atoms with Gasteiger partial charge in [-0.1, -0.05) is 158 Å². The molecule has 4 aromatic heterocycles. The van der Waals surface area contributed by atoms with Gasteiger partial charge in [0, 0.05) is 58.4 Å². The summed E-state index contributed by atoms with van der Waals surface area (Å²) < 4.78 is 11.2. The van der Waals surface area contributed by atoms with Crippen LogP contribution in [0.3, 0.4) is 0 Å². The molecule has 0 atom stereocenters. The highest BCUT2D eigenvalue weighted by Crippen LogP contribution is 2.45. The molecule has 5 nitrogen and oxygen atoms in total. The summed E-state index contributed by atoms with van der Waals surface area (Å²) in [6.07, 6.45) is 0. The summed E-state index contributed by atoms with van der Waals surface area (Å²) in [5.41, 5.74) is 10.2. The number of hydrogen-bond donors (Lipinski definition) is 0. The number of hydrogen-bond acceptors (Lipinski definition) is 5. The molecule has 4 heterocycles. The molecule has 0 N–H and O–H groups in total. The van der Waals surface area contributed by atoms with Crippen LogP contribution in [0.1, 0.15) is 0 Å². The molecule has 0 spiro atoms. The first kappa shape index (κ1) is 34.0. The van der Waals surface area contributed by atoms with Crippen molar-refractivity contribution in [1.29, 1.82) is 0 Å². The third-order valence-corrected chi connectivity index (χ3v) is 13.2. The molecule has 13 aromatic rings. The topological polar surface area (TPSA) is 56.7 Å². The van der Waals surface area contributed by atoms with E-state index in [1.54, 1.807) is 0 Å². The summed E-state index contributed by atoms with van der Waals surface area (Å²) in [6.45, 7) is 0. The maximum atomic E-state index is 6.34. The Balaban J connectivity index is 1.07. The van der Waals surface area contributed by atoms with Gasteiger partial charge in [-0.05, 0) is 63.9 Å². The summed E-state index contributed by atoms with van der Waals surface area (Å²) in [4.78, 5) is 15.7. The van der Waals surface area contributed by atoms with Gasteiger partial charge in [0.1, 0.15) is 11.2 Å². The molecule has 13 rings (SSSR count). The number of para-hydroxylation sites is 3. The van der Waals surface area contributed by atoms with Gasteiger partial charge >= 0.3 is 0 Å². The van der Waals surface area contributed by atoms with Crippen LogP contribution in [0.4, 0.5) is 0 Å². The van der Waals surface area contributed by atoms with Crippen molar-refractivity contribution in [2.45, 2.75) is 0 Å². The second-order valence-corrected chi connectivity index (χ2v) is 16.6. The summed E-state index contributed by atoms with van der Waals surface area (Å²) >= 11 is 1.86. The molecule has 0 bridgehead atoms. The standard InChI is InChI=1S/C55H32N4OS/c1-2-14-33(15-3-1)53-56-54(34-30-31-41-40-17-5-8-27-47(40)60-48(41)32-34)58-55(57-53)59-46-26-7-4-16-39(46)44-25-12-24-43(52(44)59)38-22-11-19-35-36(38)20-10-21-37(35)42-23-13-29-50-51(42)45-18-6-9-28-49(45)61-50/h1-32H. The van der Waals surface area contributed by atoms with Crippen LogP contribution in [0.5, 0.6) is 0 Å². The van der Waals surface area contributed by atoms with E-state index in [1.807, 2.05) is 53.8 Å². The van der Waals surface area contributed by atoms with Gasteiger partial charge < -0.3 is 4.42 Å². The van der Waals surface area contributed by atoms with E-state index in [1.165, 1.54) is 42.1 Å². The predicted octanol–water partition coefficient (Wildman–Crippen LogP) is 15.1. The van der Waals surface area contributed by atoms with E-state index < -0.39 is 0 Å². The first-order valence-electron chi connectivity index (χ1n) is 20.4. The van der Waals surface area contributed by atoms with Crippen LogP contribution < -0.4 is 0 Å². The van der Waals surface area contributed by atoms with Gasteiger partial charge in [-0.3, -0.25) is 4.57 Å². The molecular weight excluding hydrogens is 765 g/mol. The van der Waals surface area contributed by atoms with Gasteiger partial charge in [0.25, 0.3) is 0 Å². The molecule has 0 aliphatic carbocycles. The first-order valence-corrected chi connectivity index (χ1v) is 21.3. The highest BCUT2D eigenvalue weighted by Gasteiger charge is 2.22. The van der Waals surface area contributed by atoms with E-state index in [-0.39, 0.29) is 0 Å². The molecule has 0 aliphatic rings. The Hall–Kier alpha value is -7.93. The average Bonchev–Trinajstić information content (AvgIpc) is 4.01. The van der Waals surface area contributed by atoms with Crippen LogP contribution in [0.25, 0.3) is 126 Å². The van der Waals surface area contributed by atoms with E-state index in [0.29, 0.717) is 17.6 Å². The Bertz CT molecular complexity index is 3900. The van der Waals surface area contributed by atoms with Crippen molar-refractivity contribution in [3.63, 3.8) is 0 Å². The molecule has 0 saturated heterocycles. The number of thiophene rings is 1. The van der Waals surface area contributed by atoms with Crippen molar-refractivity contribution in [1.82, 2.24) is 19.5 Å². The third-order valence-electron chi connectivity index (χ3n) is 12.1. The molecule has 0 unspecified atom stereocenters. The van der Waals surface area contributed by atoms with Crippen molar-refractivity contribution in [3.8, 4) is 51.0 Å². The number of aromatic nitrogens is 4. The van der Waals surface area contributed by atoms with Crippen molar-refractivity contribution in [2.75, 3.05) is 0 Å². The number of furan rings is 1. The zero-order chi connectivity index (χ0) is 40.0. The minimum Gasteiger partial charge on any atom is -0.456 e. The highest BCUT2D eigenvalue weighted by atomic mass is 32.1. The number of benzene rings is 9. The minimum absolute atomic E-state index is 0.546. The SMILES string of the molecule is c1ccc(-c2nc(-c3ccc4c(c3)oc3ccccc34)nc(-n3c4ccccc4c4cccc(-c5cccc6c(-c7cccc8sc9ccccc9c78)cccc56)c43)n2)cc1. The van der Waals surface area contributed by atoms with E-state index in [0.717, 1.165) is 66.0 Å². The van der Waals surface area contributed by atoms with Crippen LogP contribution in [-0.4, -0.2) is 19.5 Å². The molecule has 284 valence electrons. The lowest BCUT2D eigenvalue weighted by Crippen LogP contribution is -2.07. The number of fused-ring (bicyclic) bond motifs is 10. The second-order valence-electron chi connectivity index (χ2n) is 15.5. The molecule has 0 radical (unpaired) electrons. The molecule has 0 aliphatic heterocycles. The fourth-order valence-corrected chi connectivity index (χ4v) is 10.5. The highest BCUT2D eigenvalue weighted by molar-refractivity contribution is 7.25. The maximum absolute atomic E-state index is 6.34. The van der Waals surface area contributed by atoms with Gasteiger partial charge in [-0.25, -0.2) is 4.98 Å².